The number of aliphatic hydroxyl groups is 1. The highest BCUT2D eigenvalue weighted by molar-refractivity contribution is 4.82. The Hall–Kier alpha value is -0.110. The Morgan fingerprint density at radius 3 is 2.10 bits per heavy atom. The predicted molar refractivity (Wildman–Crippen MR) is 38.2 cm³/mol. The molecule has 1 aliphatic rings. The molecule has 1 aliphatic carbocycles. The van der Waals surface area contributed by atoms with Gasteiger partial charge in [-0.3, -0.25) is 0 Å². The minimum Gasteiger partial charge on any atom is -0.364 e. The van der Waals surface area contributed by atoms with Crippen LogP contribution in [0, 0.1) is 17.8 Å². The van der Waals surface area contributed by atoms with E-state index < -0.39 is 6.36 Å². The predicted octanol–water partition coefficient (Wildman–Crippen LogP) is 1.96. The van der Waals surface area contributed by atoms with E-state index in [-0.39, 0.29) is 5.92 Å². The lowest BCUT2D eigenvalue weighted by molar-refractivity contribution is -0.0690. The van der Waals surface area contributed by atoms with Gasteiger partial charge in [0.15, 0.2) is 6.36 Å². The molecule has 1 atom stereocenters. The number of hydrogen-bond donors (Lipinski definition) is 1. The maximum Gasteiger partial charge on any atom is 0.199 e. The van der Waals surface area contributed by atoms with E-state index in [2.05, 4.69) is 13.8 Å². The van der Waals surface area contributed by atoms with Crippen molar-refractivity contribution in [1.82, 2.24) is 0 Å². The lowest BCUT2D eigenvalue weighted by Gasteiger charge is -2.38. The van der Waals surface area contributed by atoms with Crippen LogP contribution in [0.5, 0.6) is 0 Å². The van der Waals surface area contributed by atoms with Gasteiger partial charge in [-0.25, -0.2) is 4.39 Å². The Bertz CT molecular complexity index is 93.8. The molecule has 0 saturated heterocycles. The molecule has 0 amide bonds. The molecule has 0 heterocycles. The maximum absolute atomic E-state index is 12.1. The van der Waals surface area contributed by atoms with E-state index in [9.17, 15) is 4.39 Å². The highest BCUT2D eigenvalue weighted by atomic mass is 19.1. The molecule has 1 fully saturated rings. The molecule has 1 unspecified atom stereocenters. The summed E-state index contributed by atoms with van der Waals surface area (Å²) in [6.07, 6.45) is 0.167. The van der Waals surface area contributed by atoms with Gasteiger partial charge in [-0.2, -0.15) is 0 Å². The van der Waals surface area contributed by atoms with Crippen molar-refractivity contribution >= 4 is 0 Å². The quantitative estimate of drug-likeness (QED) is 0.631. The van der Waals surface area contributed by atoms with Crippen molar-refractivity contribution in [2.24, 2.45) is 17.8 Å². The largest absolute Gasteiger partial charge is 0.364 e. The van der Waals surface area contributed by atoms with Crippen LogP contribution < -0.4 is 0 Å². The zero-order valence-corrected chi connectivity index (χ0v) is 6.55. The minimum atomic E-state index is -1.57. The van der Waals surface area contributed by atoms with Gasteiger partial charge in [-0.05, 0) is 24.7 Å². The van der Waals surface area contributed by atoms with Gasteiger partial charge in [0.25, 0.3) is 0 Å². The fourth-order valence-electron chi connectivity index (χ4n) is 1.48. The van der Waals surface area contributed by atoms with Crippen molar-refractivity contribution < 1.29 is 9.50 Å². The average molecular weight is 146 g/mol. The van der Waals surface area contributed by atoms with E-state index in [1.807, 2.05) is 0 Å². The summed E-state index contributed by atoms with van der Waals surface area (Å²) in [7, 11) is 0. The van der Waals surface area contributed by atoms with E-state index in [4.69, 9.17) is 5.11 Å². The van der Waals surface area contributed by atoms with E-state index in [0.29, 0.717) is 11.8 Å². The number of alkyl halides is 1. The summed E-state index contributed by atoms with van der Waals surface area (Å²) >= 11 is 0. The van der Waals surface area contributed by atoms with Gasteiger partial charge in [0, 0.05) is 5.92 Å². The van der Waals surface area contributed by atoms with Gasteiger partial charge in [-0.1, -0.05) is 13.8 Å². The second kappa shape index (κ2) is 2.87. The van der Waals surface area contributed by atoms with Crippen LogP contribution in [0.2, 0.25) is 0 Å². The standard InChI is InChI=1S/C8H15FO/c1-5(2)6-3-7(4-6)8(9)10/h5-8,10H,3-4H2,1-2H3. The summed E-state index contributed by atoms with van der Waals surface area (Å²) in [4.78, 5) is 0. The third-order valence-electron chi connectivity index (χ3n) is 2.54. The highest BCUT2D eigenvalue weighted by Crippen LogP contribution is 2.40. The molecule has 0 bridgehead atoms. The molecule has 0 aromatic rings. The summed E-state index contributed by atoms with van der Waals surface area (Å²) in [5, 5.41) is 8.51. The smallest absolute Gasteiger partial charge is 0.199 e. The van der Waals surface area contributed by atoms with Crippen molar-refractivity contribution in [3.63, 3.8) is 0 Å². The van der Waals surface area contributed by atoms with Crippen LogP contribution in [0.25, 0.3) is 0 Å². The molecule has 10 heavy (non-hydrogen) atoms. The summed E-state index contributed by atoms with van der Waals surface area (Å²) in [5.74, 6) is 1.23. The first-order chi connectivity index (χ1) is 4.61. The molecule has 1 rings (SSSR count). The van der Waals surface area contributed by atoms with E-state index >= 15 is 0 Å². The maximum atomic E-state index is 12.1. The first kappa shape index (κ1) is 7.99. The van der Waals surface area contributed by atoms with E-state index in [1.54, 1.807) is 0 Å². The fraction of sp³-hybridized carbons (Fsp3) is 1.00. The van der Waals surface area contributed by atoms with Crippen LogP contribution in [-0.2, 0) is 0 Å². The Labute approximate surface area is 61.2 Å². The minimum absolute atomic E-state index is 0.0626. The number of aliphatic hydroxyl groups excluding tert-OH is 1. The SMILES string of the molecule is CC(C)C1CC(C(O)F)C1. The summed E-state index contributed by atoms with van der Waals surface area (Å²) in [5.41, 5.74) is 0. The van der Waals surface area contributed by atoms with Crippen LogP contribution in [0.4, 0.5) is 4.39 Å². The third kappa shape index (κ3) is 1.48. The normalized spacial score (nSPS) is 35.7. The Morgan fingerprint density at radius 2 is 1.80 bits per heavy atom. The van der Waals surface area contributed by atoms with E-state index in [1.165, 1.54) is 0 Å². The molecular weight excluding hydrogens is 131 g/mol. The molecule has 1 nitrogen and oxygen atoms in total. The van der Waals surface area contributed by atoms with Crippen molar-refractivity contribution in [1.29, 1.82) is 0 Å². The molecule has 0 spiro atoms. The van der Waals surface area contributed by atoms with Gasteiger partial charge < -0.3 is 5.11 Å². The second-order valence-corrected chi connectivity index (χ2v) is 3.61. The molecule has 2 heteroatoms. The van der Waals surface area contributed by atoms with Crippen molar-refractivity contribution in [2.75, 3.05) is 0 Å². The molecule has 0 radical (unpaired) electrons. The van der Waals surface area contributed by atoms with Crippen molar-refractivity contribution in [3.8, 4) is 0 Å². The lowest BCUT2D eigenvalue weighted by atomic mass is 9.69. The van der Waals surface area contributed by atoms with Crippen LogP contribution in [0.1, 0.15) is 26.7 Å². The topological polar surface area (TPSA) is 20.2 Å². The van der Waals surface area contributed by atoms with Crippen molar-refractivity contribution in [3.05, 3.63) is 0 Å². The average Bonchev–Trinajstić information content (AvgIpc) is 1.56. The summed E-state index contributed by atoms with van der Waals surface area (Å²) in [6.45, 7) is 4.29. The van der Waals surface area contributed by atoms with Crippen molar-refractivity contribution in [2.45, 2.75) is 33.0 Å². The Balaban J connectivity index is 2.18. The molecule has 1 N–H and O–H groups in total. The van der Waals surface area contributed by atoms with Gasteiger partial charge in [0.1, 0.15) is 0 Å². The lowest BCUT2D eigenvalue weighted by Crippen LogP contribution is -2.33. The zero-order valence-electron chi connectivity index (χ0n) is 6.55. The number of halogens is 1. The second-order valence-electron chi connectivity index (χ2n) is 3.61. The number of hydrogen-bond acceptors (Lipinski definition) is 1. The zero-order chi connectivity index (χ0) is 7.72. The van der Waals surface area contributed by atoms with Gasteiger partial charge in [0.2, 0.25) is 0 Å². The summed E-state index contributed by atoms with van der Waals surface area (Å²) < 4.78 is 12.1. The highest BCUT2D eigenvalue weighted by Gasteiger charge is 2.35. The van der Waals surface area contributed by atoms with Gasteiger partial charge in [-0.15, -0.1) is 0 Å². The Kier molecular flexibility index (Phi) is 2.29. The van der Waals surface area contributed by atoms with Crippen LogP contribution in [0.3, 0.4) is 0 Å². The fourth-order valence-corrected chi connectivity index (χ4v) is 1.48. The molecular formula is C8H15FO. The van der Waals surface area contributed by atoms with Gasteiger partial charge >= 0.3 is 0 Å². The molecule has 0 aliphatic heterocycles. The monoisotopic (exact) mass is 146 g/mol. The van der Waals surface area contributed by atoms with Gasteiger partial charge in [0.05, 0.1) is 0 Å². The van der Waals surface area contributed by atoms with Crippen LogP contribution in [-0.4, -0.2) is 11.5 Å². The molecule has 0 aromatic heterocycles. The molecule has 0 aromatic carbocycles. The summed E-state index contributed by atoms with van der Waals surface area (Å²) in [6, 6.07) is 0. The molecule has 1 saturated carbocycles. The van der Waals surface area contributed by atoms with Crippen LogP contribution in [0.15, 0.2) is 0 Å². The van der Waals surface area contributed by atoms with E-state index in [0.717, 1.165) is 12.8 Å². The first-order valence-electron chi connectivity index (χ1n) is 3.93. The number of rotatable bonds is 2. The van der Waals surface area contributed by atoms with Crippen LogP contribution >= 0.6 is 0 Å². The molecule has 60 valence electrons. The Morgan fingerprint density at radius 1 is 1.30 bits per heavy atom. The third-order valence-corrected chi connectivity index (χ3v) is 2.54. The first-order valence-corrected chi connectivity index (χ1v) is 3.93.